The fourth-order valence-electron chi connectivity index (χ4n) is 2.55. The predicted octanol–water partition coefficient (Wildman–Crippen LogP) is 4.34. The van der Waals surface area contributed by atoms with Crippen LogP contribution in [0, 0.1) is 0 Å². The molecule has 2 aromatic rings. The molecular weight excluding hydrogens is 304 g/mol. The highest BCUT2D eigenvalue weighted by Gasteiger charge is 2.14. The van der Waals surface area contributed by atoms with Crippen LogP contribution in [-0.2, 0) is 12.8 Å². The number of carbonyl (C=O) groups is 1. The van der Waals surface area contributed by atoms with E-state index >= 15 is 0 Å². The summed E-state index contributed by atoms with van der Waals surface area (Å²) in [5.74, 6) is 0.000527. The van der Waals surface area contributed by atoms with Crippen molar-refractivity contribution < 1.29 is 4.79 Å². The maximum atomic E-state index is 12.3. The summed E-state index contributed by atoms with van der Waals surface area (Å²) >= 11 is 1.51. The Kier molecular flexibility index (Phi) is 5.26. The molecule has 2 N–H and O–H groups in total. The first-order chi connectivity index (χ1) is 9.78. The summed E-state index contributed by atoms with van der Waals surface area (Å²) in [6.45, 7) is 3.11. The van der Waals surface area contributed by atoms with Crippen LogP contribution < -0.4 is 10.6 Å². The second kappa shape index (κ2) is 6.96. The lowest BCUT2D eigenvalue weighted by molar-refractivity contribution is 0.103. The zero-order chi connectivity index (χ0) is 13.9. The van der Waals surface area contributed by atoms with E-state index in [1.807, 2.05) is 17.5 Å². The predicted molar refractivity (Wildman–Crippen MR) is 92.2 cm³/mol. The van der Waals surface area contributed by atoms with Crippen LogP contribution in [0.4, 0.5) is 11.4 Å². The summed E-state index contributed by atoms with van der Waals surface area (Å²) in [6, 6.07) is 8.13. The van der Waals surface area contributed by atoms with Crippen molar-refractivity contribution in [2.75, 3.05) is 17.2 Å². The van der Waals surface area contributed by atoms with Gasteiger partial charge in [-0.2, -0.15) is 0 Å². The Morgan fingerprint density at radius 2 is 2.24 bits per heavy atom. The molecule has 1 aliphatic rings. The molecule has 0 radical (unpaired) electrons. The van der Waals surface area contributed by atoms with E-state index in [0.29, 0.717) is 0 Å². The molecule has 0 atom stereocenters. The van der Waals surface area contributed by atoms with E-state index < -0.39 is 0 Å². The van der Waals surface area contributed by atoms with Gasteiger partial charge in [-0.15, -0.1) is 23.7 Å². The van der Waals surface area contributed by atoms with Crippen LogP contribution in [0.25, 0.3) is 0 Å². The number of carbonyl (C=O) groups excluding carboxylic acids is 1. The summed E-state index contributed by atoms with van der Waals surface area (Å²) < 4.78 is 0. The average Bonchev–Trinajstić information content (AvgIpc) is 2.95. The van der Waals surface area contributed by atoms with E-state index in [2.05, 4.69) is 29.7 Å². The molecule has 21 heavy (non-hydrogen) atoms. The zero-order valence-corrected chi connectivity index (χ0v) is 13.6. The topological polar surface area (TPSA) is 41.1 Å². The first-order valence-corrected chi connectivity index (χ1v) is 7.90. The molecule has 0 aliphatic carbocycles. The summed E-state index contributed by atoms with van der Waals surface area (Å²) in [6.07, 6.45) is 3.11. The lowest BCUT2D eigenvalue weighted by Crippen LogP contribution is -2.14. The van der Waals surface area contributed by atoms with Crippen molar-refractivity contribution in [3.05, 3.63) is 45.6 Å². The summed E-state index contributed by atoms with van der Waals surface area (Å²) in [7, 11) is 0. The molecule has 112 valence electrons. The molecule has 5 heteroatoms. The second-order valence-corrected chi connectivity index (χ2v) is 5.90. The number of amides is 1. The number of hydrogen-bond donors (Lipinski definition) is 2. The van der Waals surface area contributed by atoms with Gasteiger partial charge >= 0.3 is 0 Å². The third-order valence-electron chi connectivity index (χ3n) is 3.64. The van der Waals surface area contributed by atoms with E-state index in [1.165, 1.54) is 22.6 Å². The van der Waals surface area contributed by atoms with Crippen LogP contribution in [0.1, 0.15) is 34.1 Å². The number of thiophene rings is 1. The molecule has 1 aromatic heterocycles. The molecular formula is C16H19ClN2OS. The maximum absolute atomic E-state index is 12.3. The van der Waals surface area contributed by atoms with E-state index in [1.54, 1.807) is 0 Å². The molecule has 1 amide bonds. The Morgan fingerprint density at radius 1 is 1.38 bits per heavy atom. The van der Waals surface area contributed by atoms with Crippen molar-refractivity contribution in [2.45, 2.75) is 26.2 Å². The van der Waals surface area contributed by atoms with Crippen molar-refractivity contribution in [2.24, 2.45) is 0 Å². The normalized spacial score (nSPS) is 12.8. The van der Waals surface area contributed by atoms with Crippen LogP contribution in [0.15, 0.2) is 29.6 Å². The summed E-state index contributed by atoms with van der Waals surface area (Å²) in [5.41, 5.74) is 4.48. The number of fused-ring (bicyclic) bond motifs is 1. The van der Waals surface area contributed by atoms with Crippen LogP contribution in [0.5, 0.6) is 0 Å². The van der Waals surface area contributed by atoms with Gasteiger partial charge in [0.25, 0.3) is 5.91 Å². The van der Waals surface area contributed by atoms with Gasteiger partial charge in [-0.05, 0) is 60.0 Å². The van der Waals surface area contributed by atoms with Gasteiger partial charge in [0.2, 0.25) is 0 Å². The Labute approximate surface area is 135 Å². The van der Waals surface area contributed by atoms with Crippen LogP contribution in [0.2, 0.25) is 0 Å². The highest BCUT2D eigenvalue weighted by Crippen LogP contribution is 2.26. The quantitative estimate of drug-likeness (QED) is 0.882. The van der Waals surface area contributed by atoms with Gasteiger partial charge in [-0.25, -0.2) is 0 Å². The van der Waals surface area contributed by atoms with Crippen molar-refractivity contribution >= 4 is 41.0 Å². The summed E-state index contributed by atoms with van der Waals surface area (Å²) in [5, 5.41) is 8.37. The largest absolute Gasteiger partial charge is 0.385 e. The van der Waals surface area contributed by atoms with Gasteiger partial charge in [0.15, 0.2) is 0 Å². The van der Waals surface area contributed by atoms with Crippen LogP contribution in [-0.4, -0.2) is 12.5 Å². The third-order valence-corrected chi connectivity index (χ3v) is 4.59. The molecule has 3 rings (SSSR count). The fraction of sp³-hybridized carbons (Fsp3) is 0.312. The molecule has 0 bridgehead atoms. The van der Waals surface area contributed by atoms with Gasteiger partial charge in [0.1, 0.15) is 0 Å². The van der Waals surface area contributed by atoms with Gasteiger partial charge in [-0.1, -0.05) is 6.92 Å². The highest BCUT2D eigenvalue weighted by molar-refractivity contribution is 7.12. The van der Waals surface area contributed by atoms with Crippen molar-refractivity contribution in [1.82, 2.24) is 0 Å². The lowest BCUT2D eigenvalue weighted by atomic mass is 10.0. The van der Waals surface area contributed by atoms with Gasteiger partial charge in [0, 0.05) is 17.9 Å². The van der Waals surface area contributed by atoms with E-state index in [9.17, 15) is 4.79 Å². The van der Waals surface area contributed by atoms with Gasteiger partial charge in [0.05, 0.1) is 4.88 Å². The zero-order valence-electron chi connectivity index (χ0n) is 11.9. The molecule has 0 spiro atoms. The minimum Gasteiger partial charge on any atom is -0.385 e. The number of aryl methyl sites for hydroxylation is 2. The van der Waals surface area contributed by atoms with Crippen molar-refractivity contribution in [1.29, 1.82) is 0 Å². The van der Waals surface area contributed by atoms with E-state index in [4.69, 9.17) is 0 Å². The Bertz CT molecular complexity index is 639. The Morgan fingerprint density at radius 3 is 3.05 bits per heavy atom. The molecule has 2 heterocycles. The summed E-state index contributed by atoms with van der Waals surface area (Å²) in [4.78, 5) is 13.1. The van der Waals surface area contributed by atoms with Gasteiger partial charge in [-0.3, -0.25) is 4.79 Å². The average molecular weight is 323 g/mol. The van der Waals surface area contributed by atoms with Crippen molar-refractivity contribution in [3.8, 4) is 0 Å². The standard InChI is InChI=1S/C16H18N2OS.ClH/c1-2-11-7-9-20-15(11)16(19)18-13-5-6-14-12(10-13)4-3-8-17-14;/h5-7,9-10,17H,2-4,8H2,1H3,(H,18,19);1H. The monoisotopic (exact) mass is 322 g/mol. The first kappa shape index (κ1) is 15.9. The lowest BCUT2D eigenvalue weighted by Gasteiger charge is -2.18. The van der Waals surface area contributed by atoms with E-state index in [-0.39, 0.29) is 18.3 Å². The maximum Gasteiger partial charge on any atom is 0.266 e. The number of benzene rings is 1. The third kappa shape index (κ3) is 3.39. The number of anilines is 2. The molecule has 1 aromatic carbocycles. The van der Waals surface area contributed by atoms with E-state index in [0.717, 1.165) is 41.9 Å². The minimum absolute atomic E-state index is 0. The number of nitrogens with one attached hydrogen (secondary N) is 2. The van der Waals surface area contributed by atoms with Gasteiger partial charge < -0.3 is 10.6 Å². The number of rotatable bonds is 3. The molecule has 0 saturated carbocycles. The first-order valence-electron chi connectivity index (χ1n) is 7.02. The molecule has 3 nitrogen and oxygen atoms in total. The highest BCUT2D eigenvalue weighted by atomic mass is 35.5. The Balaban J connectivity index is 0.00000161. The number of hydrogen-bond acceptors (Lipinski definition) is 3. The SMILES string of the molecule is CCc1ccsc1C(=O)Nc1ccc2c(c1)CCCN2.Cl. The van der Waals surface area contributed by atoms with Crippen molar-refractivity contribution in [3.63, 3.8) is 0 Å². The molecule has 0 unspecified atom stereocenters. The Hall–Kier alpha value is -1.52. The van der Waals surface area contributed by atoms with Crippen LogP contribution in [0.3, 0.4) is 0 Å². The second-order valence-electron chi connectivity index (χ2n) is 4.98. The smallest absolute Gasteiger partial charge is 0.266 e. The molecule has 0 saturated heterocycles. The fourth-order valence-corrected chi connectivity index (χ4v) is 3.44. The minimum atomic E-state index is 0. The number of halogens is 1. The molecule has 1 aliphatic heterocycles. The molecule has 0 fully saturated rings. The van der Waals surface area contributed by atoms with Crippen LogP contribution >= 0.6 is 23.7 Å².